The fraction of sp³-hybridized carbons (Fsp3) is 0.167. The molecule has 1 aliphatic rings. The Bertz CT molecular complexity index is 1280. The van der Waals surface area contributed by atoms with E-state index >= 15 is 0 Å². The highest BCUT2D eigenvalue weighted by molar-refractivity contribution is 8.00. The Morgan fingerprint density at radius 2 is 1.88 bits per heavy atom. The maximum Gasteiger partial charge on any atom is 0.161 e. The average Bonchev–Trinajstić information content (AvgIpc) is 2.85. The molecule has 1 N–H and O–H groups in total. The summed E-state index contributed by atoms with van der Waals surface area (Å²) < 4.78 is 18.3. The second-order valence-electron chi connectivity index (χ2n) is 7.45. The molecule has 3 aromatic carbocycles. The Hall–Kier alpha value is -2.61. The summed E-state index contributed by atoms with van der Waals surface area (Å²) in [6, 6.07) is 21.1. The first-order valence-electron chi connectivity index (χ1n) is 10.4. The van der Waals surface area contributed by atoms with E-state index in [-0.39, 0.29) is 0 Å². The lowest BCUT2D eigenvalue weighted by Crippen LogP contribution is -2.20. The Labute approximate surface area is 199 Å². The largest absolute Gasteiger partial charge is 0.316 e. The summed E-state index contributed by atoms with van der Waals surface area (Å²) in [7, 11) is -1.40. The van der Waals surface area contributed by atoms with Gasteiger partial charge in [0.05, 0.1) is 15.4 Å². The third-order valence-electron chi connectivity index (χ3n) is 5.25. The lowest BCUT2D eigenvalue weighted by atomic mass is 10.1. The number of hydrogen-bond acceptors (Lipinski definition) is 5. The Morgan fingerprint density at radius 3 is 2.69 bits per heavy atom. The van der Waals surface area contributed by atoms with Crippen molar-refractivity contribution in [2.24, 2.45) is 0 Å². The first kappa shape index (κ1) is 21.2. The van der Waals surface area contributed by atoms with Crippen LogP contribution in [-0.4, -0.2) is 26.5 Å². The van der Waals surface area contributed by atoms with Gasteiger partial charge in [0.15, 0.2) is 5.82 Å². The van der Waals surface area contributed by atoms with Gasteiger partial charge in [0.1, 0.15) is 11.0 Å². The molecule has 1 aliphatic heterocycles. The minimum atomic E-state index is -1.40. The van der Waals surface area contributed by atoms with Gasteiger partial charge in [-0.3, -0.25) is 0 Å². The smallest absolute Gasteiger partial charge is 0.161 e. The zero-order valence-electron chi connectivity index (χ0n) is 17.2. The number of aromatic nitrogens is 2. The second-order valence-corrected chi connectivity index (χ2v) is 10.2. The summed E-state index contributed by atoms with van der Waals surface area (Å²) in [4.78, 5) is 9.81. The van der Waals surface area contributed by atoms with E-state index < -0.39 is 11.0 Å². The summed E-state index contributed by atoms with van der Waals surface area (Å²) in [5.74, 6) is 1.68. The van der Waals surface area contributed by atoms with Crippen molar-refractivity contribution in [3.8, 4) is 11.4 Å². The molecule has 1 unspecified atom stereocenters. The average molecular weight is 481 g/mol. The summed E-state index contributed by atoms with van der Waals surface area (Å²) in [5.41, 5.74) is 3.38. The predicted octanol–water partition coefficient (Wildman–Crippen LogP) is 6.33. The molecule has 1 aromatic heterocycles. The Balaban J connectivity index is 1.35. The highest BCUT2D eigenvalue weighted by atomic mass is 35.5. The van der Waals surface area contributed by atoms with E-state index in [9.17, 15) is 4.21 Å². The van der Waals surface area contributed by atoms with Gasteiger partial charge in [0.25, 0.3) is 0 Å². The lowest BCUT2D eigenvalue weighted by molar-refractivity contribution is 0.686. The number of halogens is 1. The molecule has 0 radical (unpaired) electrons. The third-order valence-corrected chi connectivity index (χ3v) is 7.88. The summed E-state index contributed by atoms with van der Waals surface area (Å²) in [6.45, 7) is 1.05. The van der Waals surface area contributed by atoms with Crippen LogP contribution >= 0.6 is 23.5 Å². The van der Waals surface area contributed by atoms with Crippen LogP contribution in [0.25, 0.3) is 22.3 Å². The van der Waals surface area contributed by atoms with Gasteiger partial charge in [-0.1, -0.05) is 29.8 Å². The van der Waals surface area contributed by atoms with Gasteiger partial charge in [-0.15, -0.1) is 0 Å². The van der Waals surface area contributed by atoms with Crippen LogP contribution in [0.2, 0.25) is 5.02 Å². The van der Waals surface area contributed by atoms with Crippen LogP contribution in [0.4, 0.5) is 11.4 Å². The first-order chi connectivity index (χ1) is 15.7. The summed E-state index contributed by atoms with van der Waals surface area (Å²) >= 11 is 8.29. The van der Waals surface area contributed by atoms with Gasteiger partial charge < -0.3 is 9.03 Å². The summed E-state index contributed by atoms with van der Waals surface area (Å²) in [5, 5.41) is 1.51. The maximum absolute atomic E-state index is 12.9. The quantitative estimate of drug-likeness (QED) is 0.338. The molecule has 2 heterocycles. The first-order valence-corrected chi connectivity index (χ1v) is 12.8. The number of nitrogens with one attached hydrogen (secondary N) is 1. The van der Waals surface area contributed by atoms with Crippen molar-refractivity contribution in [3.63, 3.8) is 0 Å². The van der Waals surface area contributed by atoms with Crippen molar-refractivity contribution in [1.29, 1.82) is 0 Å². The van der Waals surface area contributed by atoms with E-state index in [1.807, 2.05) is 72.6 Å². The molecular formula is C24H21ClN4OS2. The predicted molar refractivity (Wildman–Crippen MR) is 135 cm³/mol. The number of fused-ring (bicyclic) bond motifs is 1. The van der Waals surface area contributed by atoms with Crippen molar-refractivity contribution in [2.75, 3.05) is 21.3 Å². The maximum atomic E-state index is 12.9. The van der Waals surface area contributed by atoms with Gasteiger partial charge in [-0.05, 0) is 73.3 Å². The standard InChI is InChI=1S/C24H21ClN4OS2/c25-22-12-7-18(15-21(22)24-26-16-17-5-1-2-6-23(17)27-24)28-32(30)20-10-8-19(9-11-20)29-13-3-4-14-31-29/h1-2,5-12,15-16,28H,3-4,13-14H2. The number of anilines is 2. The molecular weight excluding hydrogens is 460 g/mol. The van der Waals surface area contributed by atoms with Crippen LogP contribution in [0, 0.1) is 0 Å². The molecule has 5 rings (SSSR count). The molecule has 0 aliphatic carbocycles. The topological polar surface area (TPSA) is 58.1 Å². The van der Waals surface area contributed by atoms with Gasteiger partial charge in [-0.25, -0.2) is 14.2 Å². The van der Waals surface area contributed by atoms with E-state index in [1.165, 1.54) is 12.8 Å². The Kier molecular flexibility index (Phi) is 6.30. The highest BCUT2D eigenvalue weighted by Gasteiger charge is 2.14. The van der Waals surface area contributed by atoms with Crippen LogP contribution in [0.1, 0.15) is 12.8 Å². The minimum absolute atomic E-state index is 0.534. The molecule has 0 spiro atoms. The fourth-order valence-corrected chi connectivity index (χ4v) is 5.69. The van der Waals surface area contributed by atoms with Crippen molar-refractivity contribution >= 4 is 56.8 Å². The van der Waals surface area contributed by atoms with Gasteiger partial charge in [-0.2, -0.15) is 0 Å². The number of nitrogens with zero attached hydrogens (tertiary/aromatic N) is 3. The normalized spacial score (nSPS) is 15.0. The highest BCUT2D eigenvalue weighted by Crippen LogP contribution is 2.31. The molecule has 0 amide bonds. The molecule has 1 atom stereocenters. The van der Waals surface area contributed by atoms with Crippen LogP contribution in [0.5, 0.6) is 0 Å². The van der Waals surface area contributed by atoms with E-state index in [0.29, 0.717) is 27.0 Å². The molecule has 32 heavy (non-hydrogen) atoms. The number of benzene rings is 3. The molecule has 0 saturated carbocycles. The minimum Gasteiger partial charge on any atom is -0.316 e. The number of rotatable bonds is 5. The lowest BCUT2D eigenvalue weighted by Gasteiger charge is -2.27. The Morgan fingerprint density at radius 1 is 1.03 bits per heavy atom. The summed E-state index contributed by atoms with van der Waals surface area (Å²) in [6.07, 6.45) is 4.26. The third kappa shape index (κ3) is 4.60. The molecule has 5 nitrogen and oxygen atoms in total. The van der Waals surface area contributed by atoms with Crippen LogP contribution in [-0.2, 0) is 11.0 Å². The SMILES string of the molecule is O=S(Nc1ccc(Cl)c(-c2ncc3ccccc3n2)c1)c1ccc(N2CCCCS2)cc1. The van der Waals surface area contributed by atoms with E-state index in [4.69, 9.17) is 11.6 Å². The van der Waals surface area contributed by atoms with Crippen LogP contribution in [0.3, 0.4) is 0 Å². The van der Waals surface area contributed by atoms with Gasteiger partial charge >= 0.3 is 0 Å². The molecule has 1 fully saturated rings. The molecule has 0 bridgehead atoms. The monoisotopic (exact) mass is 480 g/mol. The van der Waals surface area contributed by atoms with E-state index in [2.05, 4.69) is 19.0 Å². The van der Waals surface area contributed by atoms with Gasteiger partial charge in [0, 0.05) is 40.8 Å². The van der Waals surface area contributed by atoms with Crippen molar-refractivity contribution < 1.29 is 4.21 Å². The molecule has 1 saturated heterocycles. The van der Waals surface area contributed by atoms with Crippen molar-refractivity contribution in [3.05, 3.63) is 77.9 Å². The van der Waals surface area contributed by atoms with E-state index in [0.717, 1.165) is 28.9 Å². The van der Waals surface area contributed by atoms with Crippen molar-refractivity contribution in [2.45, 2.75) is 17.7 Å². The zero-order chi connectivity index (χ0) is 21.9. The number of para-hydroxylation sites is 1. The van der Waals surface area contributed by atoms with Gasteiger partial charge in [0.2, 0.25) is 0 Å². The van der Waals surface area contributed by atoms with Crippen LogP contribution < -0.4 is 9.03 Å². The molecule has 8 heteroatoms. The second kappa shape index (κ2) is 9.48. The van der Waals surface area contributed by atoms with Crippen LogP contribution in [0.15, 0.2) is 77.8 Å². The molecule has 4 aromatic rings. The number of hydrogen-bond donors (Lipinski definition) is 1. The van der Waals surface area contributed by atoms with E-state index in [1.54, 1.807) is 12.3 Å². The zero-order valence-corrected chi connectivity index (χ0v) is 19.6. The van der Waals surface area contributed by atoms with Crippen molar-refractivity contribution in [1.82, 2.24) is 9.97 Å². The molecule has 162 valence electrons. The fourth-order valence-electron chi connectivity index (χ4n) is 3.56.